The smallest absolute Gasteiger partial charge is 0.167 e. The monoisotopic (exact) mass is 191 g/mol. The molecule has 2 nitrogen and oxygen atoms in total. The summed E-state index contributed by atoms with van der Waals surface area (Å²) in [5.41, 5.74) is 1.66. The van der Waals surface area contributed by atoms with Crippen molar-refractivity contribution in [1.29, 1.82) is 0 Å². The fraction of sp³-hybridized carbons (Fsp3) is 0.500. The lowest BCUT2D eigenvalue weighted by Gasteiger charge is -2.13. The zero-order chi connectivity index (χ0) is 10.7. The molecule has 0 N–H and O–H groups in total. The summed E-state index contributed by atoms with van der Waals surface area (Å²) in [5, 5.41) is 0. The van der Waals surface area contributed by atoms with Gasteiger partial charge in [0.15, 0.2) is 5.78 Å². The summed E-state index contributed by atoms with van der Waals surface area (Å²) in [6.45, 7) is 8.00. The molecule has 0 amide bonds. The number of carbonyl (C=O) groups excluding carboxylic acids is 1. The van der Waals surface area contributed by atoms with Crippen LogP contribution in [0.5, 0.6) is 0 Å². The first-order valence-electron chi connectivity index (χ1n) is 4.99. The molecule has 0 fully saturated rings. The van der Waals surface area contributed by atoms with Gasteiger partial charge in [-0.15, -0.1) is 0 Å². The zero-order valence-corrected chi connectivity index (χ0v) is 9.24. The maximum atomic E-state index is 11.9. The number of rotatable bonds is 3. The third kappa shape index (κ3) is 2.41. The van der Waals surface area contributed by atoms with Gasteiger partial charge in [-0.1, -0.05) is 20.8 Å². The average Bonchev–Trinajstić information content (AvgIpc) is 2.16. The van der Waals surface area contributed by atoms with Gasteiger partial charge in [0.2, 0.25) is 0 Å². The van der Waals surface area contributed by atoms with Gasteiger partial charge in [0.1, 0.15) is 0 Å². The fourth-order valence-electron chi connectivity index (χ4n) is 1.18. The van der Waals surface area contributed by atoms with Crippen LogP contribution in [-0.4, -0.2) is 10.8 Å². The van der Waals surface area contributed by atoms with E-state index in [0.29, 0.717) is 5.92 Å². The van der Waals surface area contributed by atoms with E-state index in [4.69, 9.17) is 0 Å². The fourth-order valence-corrected chi connectivity index (χ4v) is 1.18. The number of aryl methyl sites for hydroxylation is 1. The second-order valence-corrected chi connectivity index (χ2v) is 4.09. The van der Waals surface area contributed by atoms with Crippen molar-refractivity contribution < 1.29 is 4.79 Å². The van der Waals surface area contributed by atoms with Gasteiger partial charge in [-0.05, 0) is 25.0 Å². The highest BCUT2D eigenvalue weighted by molar-refractivity contribution is 5.97. The number of ketones is 1. The van der Waals surface area contributed by atoms with E-state index < -0.39 is 0 Å². The number of carbonyl (C=O) groups is 1. The largest absolute Gasteiger partial charge is 0.294 e. The molecule has 1 unspecified atom stereocenters. The summed E-state index contributed by atoms with van der Waals surface area (Å²) < 4.78 is 0. The number of nitrogens with zero attached hydrogens (tertiary/aromatic N) is 1. The number of hydrogen-bond donors (Lipinski definition) is 0. The van der Waals surface area contributed by atoms with Crippen LogP contribution in [0.4, 0.5) is 0 Å². The molecule has 1 aromatic rings. The summed E-state index contributed by atoms with van der Waals surface area (Å²) in [6, 6.07) is 3.73. The Morgan fingerprint density at radius 3 is 2.36 bits per heavy atom. The Labute approximate surface area is 85.4 Å². The Balaban J connectivity index is 2.84. The van der Waals surface area contributed by atoms with Crippen LogP contribution in [0.25, 0.3) is 0 Å². The van der Waals surface area contributed by atoms with E-state index in [1.54, 1.807) is 6.20 Å². The van der Waals surface area contributed by atoms with Crippen molar-refractivity contribution in [3.8, 4) is 0 Å². The normalized spacial score (nSPS) is 12.9. The first-order chi connectivity index (χ1) is 6.52. The zero-order valence-electron chi connectivity index (χ0n) is 9.24. The van der Waals surface area contributed by atoms with Crippen molar-refractivity contribution in [2.24, 2.45) is 11.8 Å². The molecule has 1 heterocycles. The van der Waals surface area contributed by atoms with Gasteiger partial charge in [-0.3, -0.25) is 9.78 Å². The second kappa shape index (κ2) is 4.36. The maximum Gasteiger partial charge on any atom is 0.167 e. The van der Waals surface area contributed by atoms with Gasteiger partial charge in [-0.2, -0.15) is 0 Å². The minimum atomic E-state index is 0.0690. The number of hydrogen-bond acceptors (Lipinski definition) is 2. The Hall–Kier alpha value is -1.18. The molecule has 1 aromatic heterocycles. The highest BCUT2D eigenvalue weighted by atomic mass is 16.1. The lowest BCUT2D eigenvalue weighted by molar-refractivity contribution is 0.0899. The van der Waals surface area contributed by atoms with Crippen molar-refractivity contribution in [2.45, 2.75) is 27.7 Å². The molecular formula is C12H17NO. The molecule has 0 aliphatic carbocycles. The molecule has 0 radical (unpaired) electrons. The van der Waals surface area contributed by atoms with E-state index in [9.17, 15) is 4.79 Å². The average molecular weight is 191 g/mol. The molecule has 1 rings (SSSR count). The van der Waals surface area contributed by atoms with Crippen LogP contribution in [0.1, 0.15) is 36.8 Å². The van der Waals surface area contributed by atoms with E-state index in [1.807, 2.05) is 26.0 Å². The van der Waals surface area contributed by atoms with Crippen molar-refractivity contribution in [1.82, 2.24) is 4.98 Å². The molecule has 0 bridgehead atoms. The Morgan fingerprint density at radius 2 is 1.93 bits per heavy atom. The van der Waals surface area contributed by atoms with Crippen molar-refractivity contribution in [2.75, 3.05) is 0 Å². The van der Waals surface area contributed by atoms with Gasteiger partial charge in [0.25, 0.3) is 0 Å². The van der Waals surface area contributed by atoms with Crippen molar-refractivity contribution >= 4 is 5.78 Å². The topological polar surface area (TPSA) is 30.0 Å². The molecule has 14 heavy (non-hydrogen) atoms. The van der Waals surface area contributed by atoms with E-state index in [2.05, 4.69) is 18.8 Å². The highest BCUT2D eigenvalue weighted by Gasteiger charge is 2.18. The third-order valence-corrected chi connectivity index (χ3v) is 2.61. The standard InChI is InChI=1S/C12H17NO/c1-8(2)10(4)12(14)11-6-5-9(3)13-7-11/h5-8,10H,1-4H3. The van der Waals surface area contributed by atoms with Crippen molar-refractivity contribution in [3.05, 3.63) is 29.6 Å². The number of aromatic nitrogens is 1. The van der Waals surface area contributed by atoms with Gasteiger partial charge >= 0.3 is 0 Å². The van der Waals surface area contributed by atoms with E-state index in [-0.39, 0.29) is 11.7 Å². The van der Waals surface area contributed by atoms with Gasteiger partial charge in [-0.25, -0.2) is 0 Å². The van der Waals surface area contributed by atoms with Crippen LogP contribution < -0.4 is 0 Å². The summed E-state index contributed by atoms with van der Waals surface area (Å²) >= 11 is 0. The Bertz CT molecular complexity index is 314. The molecule has 76 valence electrons. The van der Waals surface area contributed by atoms with Crippen LogP contribution in [0.15, 0.2) is 18.3 Å². The number of Topliss-reactive ketones (excluding diaryl/α,β-unsaturated/α-hetero) is 1. The summed E-state index contributed by atoms with van der Waals surface area (Å²) in [4.78, 5) is 16.0. The SMILES string of the molecule is Cc1ccc(C(=O)C(C)C(C)C)cn1. The molecular weight excluding hydrogens is 174 g/mol. The molecule has 0 spiro atoms. The lowest BCUT2D eigenvalue weighted by Crippen LogP contribution is -2.17. The molecule has 0 aliphatic rings. The van der Waals surface area contributed by atoms with Crippen LogP contribution in [0.3, 0.4) is 0 Å². The molecule has 0 aliphatic heterocycles. The predicted molar refractivity (Wildman–Crippen MR) is 57.3 cm³/mol. The maximum absolute atomic E-state index is 11.9. The van der Waals surface area contributed by atoms with E-state index in [0.717, 1.165) is 11.3 Å². The summed E-state index contributed by atoms with van der Waals surface area (Å²) in [5.74, 6) is 0.635. The first kappa shape index (κ1) is 10.9. The quantitative estimate of drug-likeness (QED) is 0.688. The van der Waals surface area contributed by atoms with Crippen molar-refractivity contribution in [3.63, 3.8) is 0 Å². The lowest BCUT2D eigenvalue weighted by atomic mass is 9.90. The molecule has 2 heteroatoms. The van der Waals surface area contributed by atoms with Gasteiger partial charge in [0.05, 0.1) is 0 Å². The van der Waals surface area contributed by atoms with Crippen LogP contribution in [0, 0.1) is 18.8 Å². The van der Waals surface area contributed by atoms with Gasteiger partial charge in [0, 0.05) is 23.4 Å². The first-order valence-corrected chi connectivity index (χ1v) is 4.99. The summed E-state index contributed by atoms with van der Waals surface area (Å²) in [7, 11) is 0. The highest BCUT2D eigenvalue weighted by Crippen LogP contribution is 2.16. The van der Waals surface area contributed by atoms with Crippen LogP contribution in [-0.2, 0) is 0 Å². The molecule has 0 saturated heterocycles. The van der Waals surface area contributed by atoms with Gasteiger partial charge < -0.3 is 0 Å². The second-order valence-electron chi connectivity index (χ2n) is 4.09. The minimum Gasteiger partial charge on any atom is -0.294 e. The Morgan fingerprint density at radius 1 is 1.29 bits per heavy atom. The predicted octanol–water partition coefficient (Wildman–Crippen LogP) is 2.86. The van der Waals surface area contributed by atoms with E-state index in [1.165, 1.54) is 0 Å². The van der Waals surface area contributed by atoms with Crippen LogP contribution in [0.2, 0.25) is 0 Å². The molecule has 1 atom stereocenters. The third-order valence-electron chi connectivity index (χ3n) is 2.61. The number of pyridine rings is 1. The summed E-state index contributed by atoms with van der Waals surface area (Å²) in [6.07, 6.45) is 1.66. The molecule has 0 aromatic carbocycles. The van der Waals surface area contributed by atoms with E-state index >= 15 is 0 Å². The van der Waals surface area contributed by atoms with Crippen LogP contribution >= 0.6 is 0 Å². The Kier molecular flexibility index (Phi) is 3.39. The minimum absolute atomic E-state index is 0.0690. The molecule has 0 saturated carbocycles.